The Morgan fingerprint density at radius 2 is 0.887 bits per heavy atom. The van der Waals surface area contributed by atoms with Crippen molar-refractivity contribution in [2.75, 3.05) is 78.7 Å². The normalized spacial score (nSPS) is 23.7. The van der Waals surface area contributed by atoms with Gasteiger partial charge in [0.25, 0.3) is 0 Å². The largest absolute Gasteiger partial charge is 0.494 e. The molecular formula is C54H66N6O2. The third kappa shape index (κ3) is 10.1. The van der Waals surface area contributed by atoms with E-state index in [0.717, 1.165) is 74.9 Å². The summed E-state index contributed by atoms with van der Waals surface area (Å²) >= 11 is 0. The van der Waals surface area contributed by atoms with E-state index in [4.69, 9.17) is 20.0 Å². The second-order valence-electron chi connectivity index (χ2n) is 18.7. The van der Waals surface area contributed by atoms with Crippen molar-refractivity contribution in [3.05, 3.63) is 129 Å². The molecule has 4 saturated heterocycles. The van der Waals surface area contributed by atoms with Crippen molar-refractivity contribution in [3.63, 3.8) is 0 Å². The van der Waals surface area contributed by atoms with E-state index in [9.17, 15) is 0 Å². The molecule has 62 heavy (non-hydrogen) atoms. The lowest BCUT2D eigenvalue weighted by molar-refractivity contribution is 0.204. The third-order valence-electron chi connectivity index (χ3n) is 14.7. The van der Waals surface area contributed by atoms with E-state index in [-0.39, 0.29) is 0 Å². The summed E-state index contributed by atoms with van der Waals surface area (Å²) in [6, 6.07) is 35.4. The summed E-state index contributed by atoms with van der Waals surface area (Å²) in [5.74, 6) is 2.77. The molecule has 0 aromatic heterocycles. The number of hydrogen-bond donors (Lipinski definition) is 0. The zero-order valence-corrected chi connectivity index (χ0v) is 36.9. The maximum atomic E-state index is 9.14. The molecule has 0 aliphatic carbocycles. The Morgan fingerprint density at radius 1 is 0.468 bits per heavy atom. The number of likely N-dealkylation sites (tertiary alicyclic amines) is 2. The Morgan fingerprint density at radius 3 is 1.29 bits per heavy atom. The molecule has 4 fully saturated rings. The van der Waals surface area contributed by atoms with Crippen LogP contribution in [0.4, 0.5) is 0 Å². The molecule has 0 saturated carbocycles. The van der Waals surface area contributed by atoms with E-state index in [0.29, 0.717) is 23.9 Å². The first kappa shape index (κ1) is 42.6. The molecule has 6 aliphatic rings. The third-order valence-corrected chi connectivity index (χ3v) is 14.7. The molecule has 0 N–H and O–H groups in total. The van der Waals surface area contributed by atoms with Gasteiger partial charge < -0.3 is 19.3 Å². The fourth-order valence-electron chi connectivity index (χ4n) is 11.4. The molecule has 0 bridgehead atoms. The van der Waals surface area contributed by atoms with Crippen LogP contribution in [0.3, 0.4) is 0 Å². The SMILES string of the molecule is N#Cc1ccc([C@@H]2CN3CCC[C@H]3c3cc(OCCCN4CCCCC4)ccc32)cc1.N#Cc1ccc([C@H]2CN3CCC[C@H]3c3cc(OCCCN4CCCCC4)ccc32)cc1. The second kappa shape index (κ2) is 20.7. The minimum Gasteiger partial charge on any atom is -0.494 e. The van der Waals surface area contributed by atoms with Crippen molar-refractivity contribution in [1.29, 1.82) is 10.5 Å². The van der Waals surface area contributed by atoms with Gasteiger partial charge >= 0.3 is 0 Å². The lowest BCUT2D eigenvalue weighted by atomic mass is 9.81. The number of hydrogen-bond acceptors (Lipinski definition) is 8. The van der Waals surface area contributed by atoms with E-state index in [1.54, 1.807) is 0 Å². The standard InChI is InChI=1S/2C27H33N3O/c2*28-19-21-7-9-22(10-8-21)26-20-30-16-4-6-27(30)25-18-23(11-12-24(25)26)31-17-5-15-29-13-2-1-3-14-29/h2*7-12,18,26-27H,1-6,13-17,20H2/t26-,27+;26-,27-/m10/s1. The van der Waals surface area contributed by atoms with Gasteiger partial charge in [0, 0.05) is 50.1 Å². The number of piperidine rings is 2. The van der Waals surface area contributed by atoms with Gasteiger partial charge in [0.05, 0.1) is 36.5 Å². The molecule has 4 aromatic carbocycles. The topological polar surface area (TPSA) is 79.0 Å². The Hall–Kier alpha value is -4.70. The average Bonchev–Trinajstić information content (AvgIpc) is 4.03. The van der Waals surface area contributed by atoms with Gasteiger partial charge in [-0.05, 0) is 185 Å². The van der Waals surface area contributed by atoms with Crippen molar-refractivity contribution in [3.8, 4) is 23.6 Å². The summed E-state index contributed by atoms with van der Waals surface area (Å²) in [7, 11) is 0. The number of nitrogens with zero attached hydrogens (tertiary/aromatic N) is 6. The number of ether oxygens (including phenoxy) is 2. The Bertz CT molecular complexity index is 2010. The lowest BCUT2D eigenvalue weighted by Crippen LogP contribution is -2.34. The van der Waals surface area contributed by atoms with Crippen LogP contribution >= 0.6 is 0 Å². The van der Waals surface area contributed by atoms with Gasteiger partial charge in [0.15, 0.2) is 0 Å². The van der Waals surface area contributed by atoms with Gasteiger partial charge in [-0.15, -0.1) is 0 Å². The summed E-state index contributed by atoms with van der Waals surface area (Å²) in [6.45, 7) is 13.4. The molecule has 0 radical (unpaired) electrons. The maximum absolute atomic E-state index is 9.14. The Labute approximate surface area is 371 Å². The van der Waals surface area contributed by atoms with Crippen molar-refractivity contribution in [1.82, 2.24) is 19.6 Å². The molecule has 4 atom stereocenters. The van der Waals surface area contributed by atoms with Crippen LogP contribution in [0.1, 0.15) is 145 Å². The van der Waals surface area contributed by atoms with Crippen LogP contribution in [0, 0.1) is 22.7 Å². The van der Waals surface area contributed by atoms with Crippen molar-refractivity contribution >= 4 is 0 Å². The summed E-state index contributed by atoms with van der Waals surface area (Å²) in [4.78, 5) is 10.5. The summed E-state index contributed by atoms with van der Waals surface area (Å²) in [5, 5.41) is 18.3. The number of nitriles is 2. The van der Waals surface area contributed by atoms with E-state index < -0.39 is 0 Å². The smallest absolute Gasteiger partial charge is 0.119 e. The molecule has 10 rings (SSSR count). The Kier molecular flexibility index (Phi) is 14.2. The number of fused-ring (bicyclic) bond motifs is 6. The van der Waals surface area contributed by atoms with Gasteiger partial charge in [-0.1, -0.05) is 49.2 Å². The van der Waals surface area contributed by atoms with Crippen LogP contribution in [0.5, 0.6) is 11.5 Å². The van der Waals surface area contributed by atoms with Crippen molar-refractivity contribution in [2.24, 2.45) is 0 Å². The Balaban J connectivity index is 0.000000158. The summed E-state index contributed by atoms with van der Waals surface area (Å²) < 4.78 is 12.4. The maximum Gasteiger partial charge on any atom is 0.119 e. The minimum atomic E-state index is 0.366. The molecule has 0 amide bonds. The van der Waals surface area contributed by atoms with E-state index >= 15 is 0 Å². The molecule has 8 heteroatoms. The first-order valence-electron chi connectivity index (χ1n) is 24.1. The zero-order chi connectivity index (χ0) is 42.1. The highest BCUT2D eigenvalue weighted by Gasteiger charge is 2.38. The molecule has 0 unspecified atom stereocenters. The summed E-state index contributed by atoms with van der Waals surface area (Å²) in [6.07, 6.45) is 15.4. The van der Waals surface area contributed by atoms with Crippen molar-refractivity contribution in [2.45, 2.75) is 101 Å². The predicted octanol–water partition coefficient (Wildman–Crippen LogP) is 10.2. The lowest BCUT2D eigenvalue weighted by Gasteiger charge is -2.37. The number of rotatable bonds is 12. The highest BCUT2D eigenvalue weighted by Crippen LogP contribution is 2.47. The first-order chi connectivity index (χ1) is 30.6. The molecule has 324 valence electrons. The minimum absolute atomic E-state index is 0.366. The van der Waals surface area contributed by atoms with Crippen LogP contribution in [0.15, 0.2) is 84.9 Å². The quantitative estimate of drug-likeness (QED) is 0.131. The highest BCUT2D eigenvalue weighted by atomic mass is 16.5. The average molecular weight is 831 g/mol. The van der Waals surface area contributed by atoms with Crippen LogP contribution in [-0.2, 0) is 0 Å². The van der Waals surface area contributed by atoms with Crippen LogP contribution < -0.4 is 9.47 Å². The van der Waals surface area contributed by atoms with E-state index in [1.165, 1.54) is 137 Å². The van der Waals surface area contributed by atoms with Crippen molar-refractivity contribution < 1.29 is 9.47 Å². The second-order valence-corrected chi connectivity index (χ2v) is 18.7. The fraction of sp³-hybridized carbons (Fsp3) is 0.519. The molecule has 6 aliphatic heterocycles. The van der Waals surface area contributed by atoms with Gasteiger partial charge in [0.2, 0.25) is 0 Å². The van der Waals surface area contributed by atoms with Crippen LogP contribution in [0.25, 0.3) is 0 Å². The molecule has 4 aromatic rings. The van der Waals surface area contributed by atoms with Crippen LogP contribution in [0.2, 0.25) is 0 Å². The molecular weight excluding hydrogens is 765 g/mol. The van der Waals surface area contributed by atoms with Gasteiger partial charge in [0.1, 0.15) is 11.5 Å². The van der Waals surface area contributed by atoms with Crippen LogP contribution in [-0.4, -0.2) is 98.3 Å². The molecule has 0 spiro atoms. The summed E-state index contributed by atoms with van der Waals surface area (Å²) in [5.41, 5.74) is 9.85. The predicted molar refractivity (Wildman–Crippen MR) is 247 cm³/mol. The zero-order valence-electron chi connectivity index (χ0n) is 36.9. The van der Waals surface area contributed by atoms with E-state index in [2.05, 4.69) is 92.4 Å². The number of benzene rings is 4. The first-order valence-corrected chi connectivity index (χ1v) is 24.1. The van der Waals surface area contributed by atoms with Gasteiger partial charge in [-0.2, -0.15) is 10.5 Å². The fourth-order valence-corrected chi connectivity index (χ4v) is 11.4. The molecule has 8 nitrogen and oxygen atoms in total. The van der Waals surface area contributed by atoms with Gasteiger partial charge in [-0.25, -0.2) is 0 Å². The molecule has 6 heterocycles. The van der Waals surface area contributed by atoms with Gasteiger partial charge in [-0.3, -0.25) is 9.80 Å². The van der Waals surface area contributed by atoms with E-state index in [1.807, 2.05) is 24.3 Å². The monoisotopic (exact) mass is 831 g/mol. The highest BCUT2D eigenvalue weighted by molar-refractivity contribution is 5.49.